The van der Waals surface area contributed by atoms with E-state index in [4.69, 9.17) is 34.4 Å². The Morgan fingerprint density at radius 2 is 0.539 bits per heavy atom. The molecule has 1 aromatic carbocycles. The van der Waals surface area contributed by atoms with Crippen LogP contribution in [0.15, 0.2) is 30.3 Å². The molecule has 1 heterocycles. The molecule has 1 aromatic rings. The minimum Gasteiger partial charge on any atom is -0.370 e. The lowest BCUT2D eigenvalue weighted by atomic mass is 9.99. The van der Waals surface area contributed by atoms with Crippen LogP contribution in [-0.4, -0.2) is 158 Å². The minimum atomic E-state index is -1.50. The van der Waals surface area contributed by atoms with E-state index in [1.54, 1.807) is 44.2 Å². The SMILES string of the molecule is CC(C)C[C@@H]1NC(=O)[C@H](CCC(N)=O)NC(=O)[C@H](CCCCN)NC(=O)[C@H](CCCCN)NC(=O)[C@H](CC(C)C)NC(=O)[C@H](Cc2ccccc2)NC(=O)[C@H](CCCCN)NC(=O)[C@H](CC(C)C)NC(=O)[C@H](CCCCN)NC(=O)[C@H](CCCCN)NC1=O. The Bertz CT molecular complexity index is 2370. The molecule has 1 saturated heterocycles. The molecule has 504 valence electrons. The van der Waals surface area contributed by atoms with Crippen LogP contribution in [-0.2, 0) is 59.2 Å². The lowest BCUT2D eigenvalue weighted by Crippen LogP contribution is -2.61. The number of rotatable bonds is 31. The summed E-state index contributed by atoms with van der Waals surface area (Å²) in [6, 6.07) is -4.29. The lowest BCUT2D eigenvalue weighted by Gasteiger charge is -2.30. The summed E-state index contributed by atoms with van der Waals surface area (Å²) in [5, 5.41) is 27.9. The molecule has 0 radical (unpaired) electrons. The number of nitrogens with two attached hydrogens (primary N) is 6. The molecular formula is C62H110N16O11. The summed E-state index contributed by atoms with van der Waals surface area (Å²) in [5.74, 6) is -9.14. The summed E-state index contributed by atoms with van der Waals surface area (Å²) in [7, 11) is 0. The molecule has 0 saturated carbocycles. The normalized spacial score (nSPS) is 23.9. The second-order valence-electron chi connectivity index (χ2n) is 24.6. The van der Waals surface area contributed by atoms with Gasteiger partial charge in [-0.2, -0.15) is 0 Å². The van der Waals surface area contributed by atoms with Crippen LogP contribution in [0.2, 0.25) is 0 Å². The van der Waals surface area contributed by atoms with E-state index in [2.05, 4.69) is 53.2 Å². The molecule has 10 atom stereocenters. The molecule has 0 unspecified atom stereocenters. The van der Waals surface area contributed by atoms with Gasteiger partial charge in [0.05, 0.1) is 0 Å². The minimum absolute atomic E-state index is 0.0144. The van der Waals surface area contributed by atoms with E-state index in [-0.39, 0.29) is 121 Å². The zero-order valence-electron chi connectivity index (χ0n) is 53.7. The van der Waals surface area contributed by atoms with Gasteiger partial charge in [0.15, 0.2) is 0 Å². The van der Waals surface area contributed by atoms with Crippen molar-refractivity contribution < 1.29 is 52.7 Å². The molecule has 89 heavy (non-hydrogen) atoms. The van der Waals surface area contributed by atoms with Crippen LogP contribution in [0.5, 0.6) is 0 Å². The molecular weight excluding hydrogens is 1140 g/mol. The second kappa shape index (κ2) is 43.8. The van der Waals surface area contributed by atoms with Gasteiger partial charge in [-0.1, -0.05) is 71.9 Å². The zero-order valence-corrected chi connectivity index (χ0v) is 53.7. The van der Waals surface area contributed by atoms with Gasteiger partial charge in [0.2, 0.25) is 65.0 Å². The van der Waals surface area contributed by atoms with E-state index in [0.29, 0.717) is 69.8 Å². The first-order valence-electron chi connectivity index (χ1n) is 32.2. The summed E-state index contributed by atoms with van der Waals surface area (Å²) >= 11 is 0. The first kappa shape index (κ1) is 78.3. The largest absolute Gasteiger partial charge is 0.370 e. The van der Waals surface area contributed by atoms with Crippen molar-refractivity contribution in [2.45, 2.75) is 237 Å². The molecule has 27 nitrogen and oxygen atoms in total. The van der Waals surface area contributed by atoms with E-state index in [1.807, 2.05) is 27.7 Å². The van der Waals surface area contributed by atoms with Gasteiger partial charge < -0.3 is 87.6 Å². The average molecular weight is 1260 g/mol. The van der Waals surface area contributed by atoms with Gasteiger partial charge in [0, 0.05) is 12.8 Å². The Kier molecular flexibility index (Phi) is 38.5. The lowest BCUT2D eigenvalue weighted by molar-refractivity contribution is -0.137. The monoisotopic (exact) mass is 1250 g/mol. The van der Waals surface area contributed by atoms with Crippen molar-refractivity contribution in [2.75, 3.05) is 32.7 Å². The summed E-state index contributed by atoms with van der Waals surface area (Å²) in [6.45, 7) is 12.3. The predicted molar refractivity (Wildman–Crippen MR) is 341 cm³/mol. The smallest absolute Gasteiger partial charge is 0.243 e. The maximum Gasteiger partial charge on any atom is 0.243 e. The third kappa shape index (κ3) is 31.5. The highest BCUT2D eigenvalue weighted by Gasteiger charge is 2.37. The van der Waals surface area contributed by atoms with Crippen LogP contribution >= 0.6 is 0 Å². The fraction of sp³-hybridized carbons (Fsp3) is 0.726. The molecule has 0 spiro atoms. The van der Waals surface area contributed by atoms with Gasteiger partial charge in [-0.3, -0.25) is 52.7 Å². The fourth-order valence-corrected chi connectivity index (χ4v) is 10.3. The first-order chi connectivity index (χ1) is 42.4. The Morgan fingerprint density at radius 1 is 0.326 bits per heavy atom. The van der Waals surface area contributed by atoms with E-state index in [9.17, 15) is 52.7 Å². The van der Waals surface area contributed by atoms with Crippen LogP contribution in [0.25, 0.3) is 0 Å². The molecule has 1 aliphatic rings. The maximum atomic E-state index is 14.8. The number of primary amides is 1. The quantitative estimate of drug-likeness (QED) is 0.0402. The topological polar surface area (TPSA) is 464 Å². The first-order valence-corrected chi connectivity index (χ1v) is 32.2. The highest BCUT2D eigenvalue weighted by Crippen LogP contribution is 2.16. The van der Waals surface area contributed by atoms with E-state index in [0.717, 1.165) is 0 Å². The van der Waals surface area contributed by atoms with Crippen molar-refractivity contribution >= 4 is 65.0 Å². The molecule has 0 aromatic heterocycles. The van der Waals surface area contributed by atoms with Gasteiger partial charge in [-0.15, -0.1) is 0 Å². The van der Waals surface area contributed by atoms with Crippen molar-refractivity contribution in [3.05, 3.63) is 35.9 Å². The molecule has 2 rings (SSSR count). The van der Waals surface area contributed by atoms with Crippen molar-refractivity contribution in [3.8, 4) is 0 Å². The molecule has 22 N–H and O–H groups in total. The van der Waals surface area contributed by atoms with E-state index >= 15 is 0 Å². The van der Waals surface area contributed by atoms with Crippen LogP contribution in [0.3, 0.4) is 0 Å². The number of carbonyl (C=O) groups excluding carboxylic acids is 11. The number of unbranched alkanes of at least 4 members (excludes halogenated alkanes) is 5. The van der Waals surface area contributed by atoms with Crippen molar-refractivity contribution in [2.24, 2.45) is 52.2 Å². The Labute approximate surface area is 526 Å². The molecule has 27 heteroatoms. The van der Waals surface area contributed by atoms with E-state index < -0.39 is 125 Å². The highest BCUT2D eigenvalue weighted by atomic mass is 16.2. The van der Waals surface area contributed by atoms with Crippen LogP contribution < -0.4 is 87.6 Å². The summed E-state index contributed by atoms with van der Waals surface area (Å²) in [6.07, 6.45) is 3.80. The van der Waals surface area contributed by atoms with Crippen molar-refractivity contribution in [1.29, 1.82) is 0 Å². The predicted octanol–water partition coefficient (Wildman–Crippen LogP) is -0.861. The van der Waals surface area contributed by atoms with E-state index in [1.165, 1.54) is 0 Å². The summed E-state index contributed by atoms with van der Waals surface area (Å²) < 4.78 is 0. The molecule has 1 fully saturated rings. The maximum absolute atomic E-state index is 14.8. The van der Waals surface area contributed by atoms with Crippen LogP contribution in [0.1, 0.15) is 176 Å². The highest BCUT2D eigenvalue weighted by molar-refractivity contribution is 5.99. The summed E-state index contributed by atoms with van der Waals surface area (Å²) in [4.78, 5) is 158. The third-order valence-corrected chi connectivity index (χ3v) is 15.1. The van der Waals surface area contributed by atoms with Crippen LogP contribution in [0, 0.1) is 17.8 Å². The van der Waals surface area contributed by atoms with Crippen molar-refractivity contribution in [3.63, 3.8) is 0 Å². The fourth-order valence-electron chi connectivity index (χ4n) is 10.3. The number of hydrogen-bond acceptors (Lipinski definition) is 16. The van der Waals surface area contributed by atoms with Gasteiger partial charge in [0.25, 0.3) is 0 Å². The van der Waals surface area contributed by atoms with Crippen LogP contribution in [0.4, 0.5) is 0 Å². The molecule has 1 aliphatic heterocycles. The Hall–Kier alpha value is -6.81. The summed E-state index contributed by atoms with van der Waals surface area (Å²) in [5.41, 5.74) is 35.5. The number of amides is 11. The Morgan fingerprint density at radius 3 is 0.775 bits per heavy atom. The molecule has 0 aliphatic carbocycles. The molecule has 0 bridgehead atoms. The third-order valence-electron chi connectivity index (χ3n) is 15.1. The van der Waals surface area contributed by atoms with Gasteiger partial charge in [0.1, 0.15) is 60.4 Å². The van der Waals surface area contributed by atoms with Gasteiger partial charge in [-0.25, -0.2) is 0 Å². The van der Waals surface area contributed by atoms with Gasteiger partial charge >= 0.3 is 0 Å². The standard InChI is InChI=1S/C62H110N16O11/c1-38(2)34-48-59(86)73-46(26-14-19-33-67)57(84)78-51(37-41-20-8-7-9-21-41)62(89)77-50(36-40(5)6)61(88)72-43(23-11-16-30-64)53(80)69-42(22-10-15-29-63)55(82)74-47(27-28-52(68)79)58(85)76-49(35-39(3)4)60(87)71-44(24-12-17-31-65)54(81)70-45(56(83)75-48)25-13-18-32-66/h7-9,20-21,38-40,42-51H,10-19,22-37,63-67H2,1-6H3,(H2,68,79)(H,69,80)(H,70,81)(H,71,87)(H,72,88)(H,73,86)(H,74,82)(H,75,83)(H,76,85)(H,77,89)(H,78,84)/t42-,43-,44-,45-,46-,47-,48-,49-,50-,51-/m0/s1. The van der Waals surface area contributed by atoms with Gasteiger partial charge in [-0.05, 0) is 178 Å². The number of hydrogen-bond donors (Lipinski definition) is 16. The Balaban J connectivity index is 3.01. The van der Waals surface area contributed by atoms with Crippen molar-refractivity contribution in [1.82, 2.24) is 53.2 Å². The second-order valence-corrected chi connectivity index (χ2v) is 24.6. The molecule has 11 amide bonds. The average Bonchev–Trinajstić information content (AvgIpc) is 2.62. The zero-order chi connectivity index (χ0) is 66.4. The number of carbonyl (C=O) groups is 11. The number of benzene rings is 1. The number of nitrogens with one attached hydrogen (secondary N) is 10.